The van der Waals surface area contributed by atoms with Gasteiger partial charge in [-0.25, -0.2) is 0 Å². The Bertz CT molecular complexity index is 136. The first-order valence-corrected chi connectivity index (χ1v) is 4.33. The second-order valence-electron chi connectivity index (χ2n) is 2.95. The van der Waals surface area contributed by atoms with Crippen molar-refractivity contribution in [3.63, 3.8) is 0 Å². The maximum absolute atomic E-state index is 10.8. The smallest absolute Gasteiger partial charge is 0.220 e. The highest BCUT2D eigenvalue weighted by molar-refractivity contribution is 5.78. The van der Waals surface area contributed by atoms with Crippen LogP contribution in [0.15, 0.2) is 0 Å². The van der Waals surface area contributed by atoms with Gasteiger partial charge in [-0.1, -0.05) is 6.92 Å². The Kier molecular flexibility index (Phi) is 3.36. The molecule has 1 fully saturated rings. The Morgan fingerprint density at radius 1 is 1.73 bits per heavy atom. The molecule has 0 bridgehead atoms. The van der Waals surface area contributed by atoms with Crippen LogP contribution >= 0.6 is 0 Å². The molecular weight excluding hydrogens is 140 g/mol. The van der Waals surface area contributed by atoms with E-state index >= 15 is 0 Å². The van der Waals surface area contributed by atoms with Crippen LogP contribution in [0.5, 0.6) is 0 Å². The first-order chi connectivity index (χ1) is 5.33. The van der Waals surface area contributed by atoms with Crippen LogP contribution in [0.3, 0.4) is 0 Å². The summed E-state index contributed by atoms with van der Waals surface area (Å²) in [6.07, 6.45) is 2.81. The second-order valence-corrected chi connectivity index (χ2v) is 2.95. The van der Waals surface area contributed by atoms with E-state index in [-0.39, 0.29) is 5.91 Å². The first-order valence-electron chi connectivity index (χ1n) is 4.33. The first kappa shape index (κ1) is 8.53. The van der Waals surface area contributed by atoms with Gasteiger partial charge in [0.1, 0.15) is 0 Å². The van der Waals surface area contributed by atoms with Crippen LogP contribution in [0.1, 0.15) is 26.2 Å². The molecule has 1 atom stereocenters. The Morgan fingerprint density at radius 2 is 2.55 bits per heavy atom. The van der Waals surface area contributed by atoms with Crippen LogP contribution in [-0.2, 0) is 4.79 Å². The predicted molar refractivity (Wildman–Crippen MR) is 44.3 cm³/mol. The third-order valence-corrected chi connectivity index (χ3v) is 2.00. The fourth-order valence-electron chi connectivity index (χ4n) is 1.35. The molecule has 1 aliphatic heterocycles. The number of amides is 1. The van der Waals surface area contributed by atoms with E-state index in [0.717, 1.165) is 32.4 Å². The summed E-state index contributed by atoms with van der Waals surface area (Å²) in [4.78, 5) is 10.8. The van der Waals surface area contributed by atoms with Gasteiger partial charge in [0.2, 0.25) is 5.91 Å². The summed E-state index contributed by atoms with van der Waals surface area (Å²) in [5.41, 5.74) is 0. The lowest BCUT2D eigenvalue weighted by Crippen LogP contribution is -2.29. The topological polar surface area (TPSA) is 41.1 Å². The molecule has 0 radical (unpaired) electrons. The van der Waals surface area contributed by atoms with Crippen LogP contribution < -0.4 is 10.6 Å². The van der Waals surface area contributed by atoms with Gasteiger partial charge in [0, 0.05) is 12.5 Å². The highest BCUT2D eigenvalue weighted by atomic mass is 16.1. The molecular formula is C8H16N2O. The summed E-state index contributed by atoms with van der Waals surface area (Å²) in [5, 5.41) is 6.17. The summed E-state index contributed by atoms with van der Waals surface area (Å²) in [5.74, 6) is 0.214. The molecule has 64 valence electrons. The number of rotatable bonds is 4. The van der Waals surface area contributed by atoms with Crippen LogP contribution in [0.4, 0.5) is 0 Å². The Balaban J connectivity index is 2.04. The van der Waals surface area contributed by atoms with Crippen molar-refractivity contribution in [2.75, 3.05) is 13.1 Å². The fraction of sp³-hybridized carbons (Fsp3) is 0.875. The fourth-order valence-corrected chi connectivity index (χ4v) is 1.35. The predicted octanol–water partition coefficient (Wildman–Crippen LogP) is 0.265. The SMILES string of the molecule is CCNCCC1CCC(=O)N1. The zero-order valence-corrected chi connectivity index (χ0v) is 7.02. The monoisotopic (exact) mass is 156 g/mol. The van der Waals surface area contributed by atoms with E-state index in [1.807, 2.05) is 0 Å². The minimum Gasteiger partial charge on any atom is -0.353 e. The quantitative estimate of drug-likeness (QED) is 0.573. The molecule has 1 saturated heterocycles. The van der Waals surface area contributed by atoms with Crippen LogP contribution in [0.25, 0.3) is 0 Å². The summed E-state index contributed by atoms with van der Waals surface area (Å²) in [6, 6.07) is 0.432. The van der Waals surface area contributed by atoms with Gasteiger partial charge < -0.3 is 10.6 Å². The molecule has 0 aromatic rings. The van der Waals surface area contributed by atoms with E-state index in [1.165, 1.54) is 0 Å². The molecule has 1 aliphatic rings. The molecule has 3 nitrogen and oxygen atoms in total. The third kappa shape index (κ3) is 2.89. The van der Waals surface area contributed by atoms with Crippen molar-refractivity contribution in [2.45, 2.75) is 32.2 Å². The average molecular weight is 156 g/mol. The van der Waals surface area contributed by atoms with Gasteiger partial charge in [0.15, 0.2) is 0 Å². The van der Waals surface area contributed by atoms with Gasteiger partial charge in [-0.15, -0.1) is 0 Å². The van der Waals surface area contributed by atoms with Gasteiger partial charge in [0.05, 0.1) is 0 Å². The lowest BCUT2D eigenvalue weighted by Gasteiger charge is -2.08. The number of hydrogen-bond acceptors (Lipinski definition) is 2. The summed E-state index contributed by atoms with van der Waals surface area (Å²) >= 11 is 0. The van der Waals surface area contributed by atoms with Crippen molar-refractivity contribution in [2.24, 2.45) is 0 Å². The Morgan fingerprint density at radius 3 is 3.09 bits per heavy atom. The Hall–Kier alpha value is -0.570. The van der Waals surface area contributed by atoms with Gasteiger partial charge in [-0.3, -0.25) is 4.79 Å². The normalized spacial score (nSPS) is 23.7. The third-order valence-electron chi connectivity index (χ3n) is 2.00. The molecule has 0 spiro atoms. The van der Waals surface area contributed by atoms with Gasteiger partial charge in [-0.2, -0.15) is 0 Å². The number of hydrogen-bond donors (Lipinski definition) is 2. The molecule has 0 saturated carbocycles. The molecule has 1 unspecified atom stereocenters. The van der Waals surface area contributed by atoms with E-state index in [4.69, 9.17) is 0 Å². The molecule has 11 heavy (non-hydrogen) atoms. The van der Waals surface area contributed by atoms with E-state index in [2.05, 4.69) is 17.6 Å². The summed E-state index contributed by atoms with van der Waals surface area (Å²) in [7, 11) is 0. The van der Waals surface area contributed by atoms with Crippen LogP contribution in [-0.4, -0.2) is 25.0 Å². The summed E-state index contributed by atoms with van der Waals surface area (Å²) < 4.78 is 0. The van der Waals surface area contributed by atoms with Gasteiger partial charge in [-0.05, 0) is 25.9 Å². The second kappa shape index (κ2) is 4.34. The molecule has 1 amide bonds. The molecule has 0 aromatic carbocycles. The molecule has 0 aliphatic carbocycles. The lowest BCUT2D eigenvalue weighted by atomic mass is 10.1. The highest BCUT2D eigenvalue weighted by Crippen LogP contribution is 2.08. The van der Waals surface area contributed by atoms with Gasteiger partial charge in [0.25, 0.3) is 0 Å². The number of nitrogens with one attached hydrogen (secondary N) is 2. The standard InChI is InChI=1S/C8H16N2O/c1-2-9-6-5-7-3-4-8(11)10-7/h7,9H,2-6H2,1H3,(H,10,11). The Labute approximate surface area is 67.5 Å². The van der Waals surface area contributed by atoms with Crippen LogP contribution in [0, 0.1) is 0 Å². The molecule has 1 rings (SSSR count). The van der Waals surface area contributed by atoms with E-state index in [1.54, 1.807) is 0 Å². The van der Waals surface area contributed by atoms with Crippen LogP contribution in [0.2, 0.25) is 0 Å². The van der Waals surface area contributed by atoms with Crippen molar-refractivity contribution in [3.8, 4) is 0 Å². The van der Waals surface area contributed by atoms with E-state index in [9.17, 15) is 4.79 Å². The number of carbonyl (C=O) groups excluding carboxylic acids is 1. The van der Waals surface area contributed by atoms with Crippen molar-refractivity contribution in [1.82, 2.24) is 10.6 Å². The minimum absolute atomic E-state index is 0.214. The van der Waals surface area contributed by atoms with Crippen molar-refractivity contribution < 1.29 is 4.79 Å². The van der Waals surface area contributed by atoms with E-state index in [0.29, 0.717) is 6.04 Å². The molecule has 0 aromatic heterocycles. The largest absolute Gasteiger partial charge is 0.353 e. The zero-order chi connectivity index (χ0) is 8.10. The minimum atomic E-state index is 0.214. The molecule has 2 N–H and O–H groups in total. The molecule has 3 heteroatoms. The van der Waals surface area contributed by atoms with Crippen molar-refractivity contribution >= 4 is 5.91 Å². The summed E-state index contributed by atoms with van der Waals surface area (Å²) in [6.45, 7) is 4.12. The van der Waals surface area contributed by atoms with Crippen molar-refractivity contribution in [3.05, 3.63) is 0 Å². The maximum atomic E-state index is 10.8. The zero-order valence-electron chi connectivity index (χ0n) is 7.02. The lowest BCUT2D eigenvalue weighted by molar-refractivity contribution is -0.119. The average Bonchev–Trinajstić information content (AvgIpc) is 2.37. The van der Waals surface area contributed by atoms with Crippen molar-refractivity contribution in [1.29, 1.82) is 0 Å². The van der Waals surface area contributed by atoms with Gasteiger partial charge >= 0.3 is 0 Å². The number of carbonyl (C=O) groups is 1. The van der Waals surface area contributed by atoms with E-state index < -0.39 is 0 Å². The molecule has 1 heterocycles. The maximum Gasteiger partial charge on any atom is 0.220 e. The highest BCUT2D eigenvalue weighted by Gasteiger charge is 2.19.